The van der Waals surface area contributed by atoms with E-state index in [2.05, 4.69) is 9.97 Å². The summed E-state index contributed by atoms with van der Waals surface area (Å²) in [6.07, 6.45) is 3.17. The number of hydrogen-bond donors (Lipinski definition) is 0. The fraction of sp³-hybridized carbons (Fsp3) is 0.600. The molecule has 2 rings (SSSR count). The maximum atomic E-state index is 12.2. The number of aromatic nitrogens is 2. The van der Waals surface area contributed by atoms with E-state index in [1.807, 2.05) is 23.6 Å². The second-order valence-corrected chi connectivity index (χ2v) is 5.24. The molecule has 1 aliphatic heterocycles. The molecule has 1 saturated heterocycles. The quantitative estimate of drug-likeness (QED) is 0.816. The molecule has 7 nitrogen and oxygen atoms in total. The Morgan fingerprint density at radius 2 is 1.64 bits per heavy atom. The van der Waals surface area contributed by atoms with Crippen LogP contribution in [0.5, 0.6) is 0 Å². The molecule has 1 aromatic heterocycles. The van der Waals surface area contributed by atoms with Crippen LogP contribution in [0.2, 0.25) is 0 Å². The van der Waals surface area contributed by atoms with E-state index in [1.54, 1.807) is 24.2 Å². The Kier molecular flexibility index (Phi) is 5.30. The first-order chi connectivity index (χ1) is 10.6. The summed E-state index contributed by atoms with van der Waals surface area (Å²) in [5.41, 5.74) is 0.509. The van der Waals surface area contributed by atoms with Gasteiger partial charge in [0.05, 0.1) is 5.56 Å². The normalized spacial score (nSPS) is 14.9. The van der Waals surface area contributed by atoms with Gasteiger partial charge in [0.25, 0.3) is 5.91 Å². The van der Waals surface area contributed by atoms with Gasteiger partial charge in [-0.15, -0.1) is 0 Å². The maximum absolute atomic E-state index is 12.2. The number of hydrogen-bond acceptors (Lipinski definition) is 5. The number of carbonyl (C=O) groups excluding carboxylic acids is 2. The van der Waals surface area contributed by atoms with E-state index in [1.165, 1.54) is 0 Å². The van der Waals surface area contributed by atoms with Crippen molar-refractivity contribution in [3.8, 4) is 0 Å². The maximum Gasteiger partial charge on any atom is 0.256 e. The highest BCUT2D eigenvalue weighted by Crippen LogP contribution is 2.12. The van der Waals surface area contributed by atoms with Gasteiger partial charge in [0.15, 0.2) is 0 Å². The second-order valence-electron chi connectivity index (χ2n) is 5.24. The zero-order valence-corrected chi connectivity index (χ0v) is 13.4. The van der Waals surface area contributed by atoms with Crippen molar-refractivity contribution < 1.29 is 9.59 Å². The van der Waals surface area contributed by atoms with Gasteiger partial charge >= 0.3 is 0 Å². The van der Waals surface area contributed by atoms with Crippen LogP contribution in [0.25, 0.3) is 0 Å². The summed E-state index contributed by atoms with van der Waals surface area (Å²) in [5.74, 6) is 0.665. The summed E-state index contributed by atoms with van der Waals surface area (Å²) in [5, 5.41) is 0. The minimum Gasteiger partial charge on any atom is -0.339 e. The Bertz CT molecular complexity index is 519. The molecule has 22 heavy (non-hydrogen) atoms. The fourth-order valence-corrected chi connectivity index (χ4v) is 2.51. The lowest BCUT2D eigenvalue weighted by Crippen LogP contribution is -2.48. The molecule has 0 saturated carbocycles. The Morgan fingerprint density at radius 1 is 1.09 bits per heavy atom. The molecule has 0 aliphatic carbocycles. The largest absolute Gasteiger partial charge is 0.339 e. The van der Waals surface area contributed by atoms with Gasteiger partial charge in [-0.25, -0.2) is 9.97 Å². The van der Waals surface area contributed by atoms with Crippen molar-refractivity contribution in [3.05, 3.63) is 18.0 Å². The number of nitrogens with zero attached hydrogens (tertiary/aromatic N) is 5. The van der Waals surface area contributed by atoms with Crippen LogP contribution in [0.3, 0.4) is 0 Å². The van der Waals surface area contributed by atoms with Crippen molar-refractivity contribution in [1.82, 2.24) is 19.8 Å². The Balaban J connectivity index is 2.01. The summed E-state index contributed by atoms with van der Waals surface area (Å²) >= 11 is 0. The highest BCUT2D eigenvalue weighted by atomic mass is 16.2. The second kappa shape index (κ2) is 7.20. The standard InChI is InChI=1S/C15H23N5O2/c1-4-18(5-2)14(22)13-10-16-15(17-11-13)20-8-6-19(7-9-20)12(3)21/h10-11H,4-9H2,1-3H3. The number of carbonyl (C=O) groups is 2. The molecule has 2 amide bonds. The van der Waals surface area contributed by atoms with Crippen LogP contribution in [-0.4, -0.2) is 70.9 Å². The molecule has 1 fully saturated rings. The fourth-order valence-electron chi connectivity index (χ4n) is 2.51. The van der Waals surface area contributed by atoms with Gasteiger partial charge in [-0.05, 0) is 13.8 Å². The molecule has 1 aliphatic rings. The molecular weight excluding hydrogens is 282 g/mol. The smallest absolute Gasteiger partial charge is 0.256 e. The molecule has 0 radical (unpaired) electrons. The van der Waals surface area contributed by atoms with E-state index in [4.69, 9.17) is 0 Å². The summed E-state index contributed by atoms with van der Waals surface area (Å²) < 4.78 is 0. The minimum absolute atomic E-state index is 0.0436. The molecule has 0 N–H and O–H groups in total. The molecule has 0 unspecified atom stereocenters. The molecule has 2 heterocycles. The van der Waals surface area contributed by atoms with Crippen LogP contribution >= 0.6 is 0 Å². The number of anilines is 1. The van der Waals surface area contributed by atoms with E-state index in [-0.39, 0.29) is 11.8 Å². The zero-order chi connectivity index (χ0) is 16.1. The third kappa shape index (κ3) is 3.52. The number of piperazine rings is 1. The first-order valence-corrected chi connectivity index (χ1v) is 7.68. The van der Waals surface area contributed by atoms with Crippen molar-refractivity contribution in [2.24, 2.45) is 0 Å². The van der Waals surface area contributed by atoms with Gasteiger partial charge in [0.1, 0.15) is 0 Å². The van der Waals surface area contributed by atoms with Gasteiger partial charge in [0, 0.05) is 58.6 Å². The Hall–Kier alpha value is -2.18. The van der Waals surface area contributed by atoms with E-state index < -0.39 is 0 Å². The molecule has 0 aromatic carbocycles. The average Bonchev–Trinajstić information content (AvgIpc) is 2.56. The van der Waals surface area contributed by atoms with Gasteiger partial charge in [-0.1, -0.05) is 0 Å². The summed E-state index contributed by atoms with van der Waals surface area (Å²) in [7, 11) is 0. The van der Waals surface area contributed by atoms with Crippen LogP contribution < -0.4 is 4.90 Å². The lowest BCUT2D eigenvalue weighted by molar-refractivity contribution is -0.129. The van der Waals surface area contributed by atoms with E-state index in [9.17, 15) is 9.59 Å². The van der Waals surface area contributed by atoms with Crippen LogP contribution in [0.15, 0.2) is 12.4 Å². The Labute approximate surface area is 130 Å². The minimum atomic E-state index is -0.0436. The first kappa shape index (κ1) is 16.2. The van der Waals surface area contributed by atoms with Crippen LogP contribution in [0.1, 0.15) is 31.1 Å². The summed E-state index contributed by atoms with van der Waals surface area (Å²) in [4.78, 5) is 37.7. The lowest BCUT2D eigenvalue weighted by Gasteiger charge is -2.34. The Morgan fingerprint density at radius 3 is 2.09 bits per heavy atom. The van der Waals surface area contributed by atoms with Crippen molar-refractivity contribution >= 4 is 17.8 Å². The predicted octanol–water partition coefficient (Wildman–Crippen LogP) is 0.627. The predicted molar refractivity (Wildman–Crippen MR) is 83.8 cm³/mol. The van der Waals surface area contributed by atoms with E-state index in [0.29, 0.717) is 50.8 Å². The zero-order valence-electron chi connectivity index (χ0n) is 13.4. The first-order valence-electron chi connectivity index (χ1n) is 7.68. The van der Waals surface area contributed by atoms with Crippen LogP contribution in [0, 0.1) is 0 Å². The molecule has 0 spiro atoms. The van der Waals surface area contributed by atoms with Gasteiger partial charge in [-0.3, -0.25) is 9.59 Å². The van der Waals surface area contributed by atoms with Crippen LogP contribution in [0.4, 0.5) is 5.95 Å². The third-order valence-corrected chi connectivity index (χ3v) is 3.94. The number of rotatable bonds is 4. The SMILES string of the molecule is CCN(CC)C(=O)c1cnc(N2CCN(C(C)=O)CC2)nc1. The molecule has 0 atom stereocenters. The molecule has 1 aromatic rings. The van der Waals surface area contributed by atoms with Crippen molar-refractivity contribution in [2.45, 2.75) is 20.8 Å². The lowest BCUT2D eigenvalue weighted by atomic mass is 10.3. The summed E-state index contributed by atoms with van der Waals surface area (Å²) in [6, 6.07) is 0. The molecular formula is C15H23N5O2. The summed E-state index contributed by atoms with van der Waals surface area (Å²) in [6.45, 7) is 9.60. The van der Waals surface area contributed by atoms with Crippen molar-refractivity contribution in [3.63, 3.8) is 0 Å². The average molecular weight is 305 g/mol. The third-order valence-electron chi connectivity index (χ3n) is 3.94. The highest BCUT2D eigenvalue weighted by Gasteiger charge is 2.21. The monoisotopic (exact) mass is 305 g/mol. The van der Waals surface area contributed by atoms with Crippen LogP contribution in [-0.2, 0) is 4.79 Å². The van der Waals surface area contributed by atoms with Gasteiger partial charge in [0.2, 0.25) is 11.9 Å². The van der Waals surface area contributed by atoms with E-state index in [0.717, 1.165) is 0 Å². The molecule has 7 heteroatoms. The number of amides is 2. The molecule has 120 valence electrons. The topological polar surface area (TPSA) is 69.6 Å². The van der Waals surface area contributed by atoms with E-state index >= 15 is 0 Å². The van der Waals surface area contributed by atoms with Gasteiger partial charge < -0.3 is 14.7 Å². The molecule has 0 bridgehead atoms. The van der Waals surface area contributed by atoms with Crippen molar-refractivity contribution in [2.75, 3.05) is 44.2 Å². The van der Waals surface area contributed by atoms with Gasteiger partial charge in [-0.2, -0.15) is 0 Å². The highest BCUT2D eigenvalue weighted by molar-refractivity contribution is 5.93. The van der Waals surface area contributed by atoms with Crippen molar-refractivity contribution in [1.29, 1.82) is 0 Å².